The number of alkyl halides is 1. The quantitative estimate of drug-likeness (QED) is 0.749. The molecule has 1 saturated heterocycles. The number of hydrogen-bond acceptors (Lipinski definition) is 2. The molecular weight excluding hydrogens is 249 g/mol. The van der Waals surface area contributed by atoms with Crippen LogP contribution in [0.5, 0.6) is 0 Å². The summed E-state index contributed by atoms with van der Waals surface area (Å²) in [5.74, 6) is 0.655. The van der Waals surface area contributed by atoms with Gasteiger partial charge in [-0.25, -0.2) is 0 Å². The first-order chi connectivity index (χ1) is 7.19. The van der Waals surface area contributed by atoms with Gasteiger partial charge in [-0.1, -0.05) is 24.9 Å². The van der Waals surface area contributed by atoms with Crippen molar-refractivity contribution < 1.29 is 0 Å². The summed E-state index contributed by atoms with van der Waals surface area (Å²) in [5.41, 5.74) is 0. The Morgan fingerprint density at radius 1 is 1.47 bits per heavy atom. The molecule has 0 aliphatic carbocycles. The Kier molecular flexibility index (Phi) is 3.94. The number of hydrogen-bond donors (Lipinski definition) is 0. The molecule has 1 fully saturated rings. The lowest BCUT2D eigenvalue weighted by Gasteiger charge is -2.13. The average molecular weight is 264 g/mol. The summed E-state index contributed by atoms with van der Waals surface area (Å²) in [6.45, 7) is 5.35. The molecule has 84 valence electrons. The summed E-state index contributed by atoms with van der Waals surface area (Å²) in [7, 11) is 0. The van der Waals surface area contributed by atoms with Crippen molar-refractivity contribution in [3.63, 3.8) is 0 Å². The average Bonchev–Trinajstić information content (AvgIpc) is 2.73. The molecule has 0 spiro atoms. The normalized spacial score (nSPS) is 27.4. The second-order valence-electron chi connectivity index (χ2n) is 4.08. The van der Waals surface area contributed by atoms with E-state index in [1.54, 1.807) is 11.3 Å². The largest absolute Gasteiger partial charge is 0.296 e. The van der Waals surface area contributed by atoms with Gasteiger partial charge in [-0.2, -0.15) is 0 Å². The van der Waals surface area contributed by atoms with E-state index in [1.807, 2.05) is 6.07 Å². The number of halogens is 2. The van der Waals surface area contributed by atoms with E-state index in [4.69, 9.17) is 23.2 Å². The van der Waals surface area contributed by atoms with Crippen LogP contribution in [0, 0.1) is 5.92 Å². The number of nitrogens with zero attached hydrogens (tertiary/aromatic N) is 1. The molecule has 4 heteroatoms. The van der Waals surface area contributed by atoms with Crippen molar-refractivity contribution in [1.82, 2.24) is 4.90 Å². The molecule has 1 nitrogen and oxygen atoms in total. The number of likely N-dealkylation sites (tertiary alicyclic amines) is 1. The molecule has 2 heterocycles. The Labute approximate surface area is 105 Å². The maximum atomic E-state index is 6.28. The fourth-order valence-electron chi connectivity index (χ4n) is 2.09. The van der Waals surface area contributed by atoms with Crippen LogP contribution < -0.4 is 0 Å². The van der Waals surface area contributed by atoms with E-state index >= 15 is 0 Å². The summed E-state index contributed by atoms with van der Waals surface area (Å²) in [6, 6.07) is 4.07. The van der Waals surface area contributed by atoms with Crippen molar-refractivity contribution >= 4 is 34.5 Å². The van der Waals surface area contributed by atoms with Gasteiger partial charge in [0.1, 0.15) is 0 Å². The topological polar surface area (TPSA) is 3.24 Å². The first kappa shape index (κ1) is 11.7. The molecular formula is C11H15Cl2NS. The summed E-state index contributed by atoms with van der Waals surface area (Å²) in [5, 5.41) is 0.324. The fraction of sp³-hybridized carbons (Fsp3) is 0.636. The van der Waals surface area contributed by atoms with Gasteiger partial charge in [0.05, 0.1) is 9.71 Å². The maximum absolute atomic E-state index is 6.28. The molecule has 15 heavy (non-hydrogen) atoms. The molecule has 0 bridgehead atoms. The molecule has 1 aromatic heterocycles. The summed E-state index contributed by atoms with van der Waals surface area (Å²) >= 11 is 13.8. The lowest BCUT2D eigenvalue weighted by molar-refractivity contribution is 0.318. The van der Waals surface area contributed by atoms with Gasteiger partial charge in [-0.3, -0.25) is 4.90 Å². The van der Waals surface area contributed by atoms with Crippen LogP contribution in [0.1, 0.15) is 18.2 Å². The highest BCUT2D eigenvalue weighted by Crippen LogP contribution is 2.28. The Hall–Kier alpha value is 0.240. The van der Waals surface area contributed by atoms with Crippen LogP contribution >= 0.6 is 34.5 Å². The molecule has 0 amide bonds. The molecule has 0 N–H and O–H groups in total. The van der Waals surface area contributed by atoms with E-state index in [9.17, 15) is 0 Å². The first-order valence-electron chi connectivity index (χ1n) is 5.29. The third kappa shape index (κ3) is 2.88. The molecule has 0 aromatic carbocycles. The fourth-order valence-corrected chi connectivity index (χ4v) is 3.67. The molecule has 0 radical (unpaired) electrons. The molecule has 2 unspecified atom stereocenters. The van der Waals surface area contributed by atoms with E-state index in [1.165, 1.54) is 11.3 Å². The predicted octanol–water partition coefficient (Wildman–Crippen LogP) is 3.85. The Bertz CT molecular complexity index is 326. The maximum Gasteiger partial charge on any atom is 0.0931 e. The van der Waals surface area contributed by atoms with Gasteiger partial charge in [-0.15, -0.1) is 22.9 Å². The Morgan fingerprint density at radius 2 is 2.27 bits per heavy atom. The van der Waals surface area contributed by atoms with Crippen molar-refractivity contribution in [3.8, 4) is 0 Å². The van der Waals surface area contributed by atoms with Crippen LogP contribution in [-0.4, -0.2) is 23.4 Å². The zero-order chi connectivity index (χ0) is 10.8. The Morgan fingerprint density at radius 3 is 2.80 bits per heavy atom. The zero-order valence-electron chi connectivity index (χ0n) is 8.75. The van der Waals surface area contributed by atoms with Gasteiger partial charge in [-0.05, 0) is 18.1 Å². The van der Waals surface area contributed by atoms with Crippen LogP contribution in [0.4, 0.5) is 0 Å². The van der Waals surface area contributed by atoms with E-state index in [-0.39, 0.29) is 0 Å². The van der Waals surface area contributed by atoms with Crippen LogP contribution in [-0.2, 0) is 6.54 Å². The van der Waals surface area contributed by atoms with Gasteiger partial charge in [0.2, 0.25) is 0 Å². The van der Waals surface area contributed by atoms with Gasteiger partial charge in [0.25, 0.3) is 0 Å². The third-order valence-corrected chi connectivity index (χ3v) is 4.68. The van der Waals surface area contributed by atoms with Gasteiger partial charge in [0, 0.05) is 24.5 Å². The highest BCUT2D eigenvalue weighted by molar-refractivity contribution is 7.16. The molecule has 1 aliphatic heterocycles. The molecule has 1 aromatic rings. The highest BCUT2D eigenvalue weighted by Gasteiger charge is 2.29. The Balaban J connectivity index is 1.92. The van der Waals surface area contributed by atoms with E-state index in [2.05, 4.69) is 17.9 Å². The molecule has 0 saturated carbocycles. The second-order valence-corrected chi connectivity index (χ2v) is 6.44. The van der Waals surface area contributed by atoms with E-state index in [0.29, 0.717) is 11.3 Å². The zero-order valence-corrected chi connectivity index (χ0v) is 11.1. The monoisotopic (exact) mass is 263 g/mol. The van der Waals surface area contributed by atoms with E-state index < -0.39 is 0 Å². The van der Waals surface area contributed by atoms with Crippen LogP contribution in [0.3, 0.4) is 0 Å². The van der Waals surface area contributed by atoms with Crippen molar-refractivity contribution in [2.75, 3.05) is 13.1 Å². The van der Waals surface area contributed by atoms with Crippen molar-refractivity contribution in [1.29, 1.82) is 0 Å². The minimum Gasteiger partial charge on any atom is -0.296 e. The van der Waals surface area contributed by atoms with Crippen LogP contribution in [0.2, 0.25) is 4.34 Å². The van der Waals surface area contributed by atoms with Crippen LogP contribution in [0.15, 0.2) is 12.1 Å². The van der Waals surface area contributed by atoms with Crippen LogP contribution in [0.25, 0.3) is 0 Å². The molecule has 2 rings (SSSR count). The van der Waals surface area contributed by atoms with Gasteiger partial charge >= 0.3 is 0 Å². The molecule has 1 aliphatic rings. The van der Waals surface area contributed by atoms with Gasteiger partial charge < -0.3 is 0 Å². The van der Waals surface area contributed by atoms with Crippen molar-refractivity contribution in [2.24, 2.45) is 5.92 Å². The second kappa shape index (κ2) is 5.05. The minimum atomic E-state index is 0.324. The first-order valence-corrected chi connectivity index (χ1v) is 6.92. The smallest absolute Gasteiger partial charge is 0.0931 e. The summed E-state index contributed by atoms with van der Waals surface area (Å²) in [4.78, 5) is 3.76. The van der Waals surface area contributed by atoms with Crippen molar-refractivity contribution in [3.05, 3.63) is 21.3 Å². The lowest BCUT2D eigenvalue weighted by Crippen LogP contribution is -2.19. The SMILES string of the molecule is CCC1CN(Cc2ccc(Cl)s2)CC1Cl. The van der Waals surface area contributed by atoms with Crippen molar-refractivity contribution in [2.45, 2.75) is 25.3 Å². The highest BCUT2D eigenvalue weighted by atomic mass is 35.5. The minimum absolute atomic E-state index is 0.324. The predicted molar refractivity (Wildman–Crippen MR) is 68.0 cm³/mol. The standard InChI is InChI=1S/C11H15Cl2NS/c1-2-8-5-14(7-10(8)12)6-9-3-4-11(13)15-9/h3-4,8,10H,2,5-7H2,1H3. The summed E-state index contributed by atoms with van der Waals surface area (Å²) in [6.07, 6.45) is 1.18. The lowest BCUT2D eigenvalue weighted by atomic mass is 10.1. The van der Waals surface area contributed by atoms with E-state index in [0.717, 1.165) is 24.0 Å². The number of rotatable bonds is 3. The summed E-state index contributed by atoms with van der Waals surface area (Å²) < 4.78 is 0.874. The van der Waals surface area contributed by atoms with Gasteiger partial charge in [0.15, 0.2) is 0 Å². The third-order valence-electron chi connectivity index (χ3n) is 2.97. The number of thiophene rings is 1. The molecule has 2 atom stereocenters.